The maximum absolute atomic E-state index is 9.28. The van der Waals surface area contributed by atoms with Crippen LogP contribution in [0.2, 0.25) is 5.02 Å². The molecule has 1 N–H and O–H groups in total. The Kier molecular flexibility index (Phi) is 3.92. The summed E-state index contributed by atoms with van der Waals surface area (Å²) in [6.07, 6.45) is 0. The SMILES string of the molecule is Oc1cccc(OCc2ccc(Br)c(Cl)c2)c1. The highest BCUT2D eigenvalue weighted by Gasteiger charge is 2.01. The quantitative estimate of drug-likeness (QED) is 0.911. The van der Waals surface area contributed by atoms with Crippen molar-refractivity contribution < 1.29 is 9.84 Å². The molecule has 2 aromatic carbocycles. The number of rotatable bonds is 3. The van der Waals surface area contributed by atoms with Crippen LogP contribution in [0.4, 0.5) is 0 Å². The third-order valence-corrected chi connectivity index (χ3v) is 3.44. The smallest absolute Gasteiger partial charge is 0.123 e. The fourth-order valence-corrected chi connectivity index (χ4v) is 1.82. The van der Waals surface area contributed by atoms with Gasteiger partial charge in [0.25, 0.3) is 0 Å². The van der Waals surface area contributed by atoms with Crippen LogP contribution in [0, 0.1) is 0 Å². The summed E-state index contributed by atoms with van der Waals surface area (Å²) in [5.41, 5.74) is 0.974. The summed E-state index contributed by atoms with van der Waals surface area (Å²) in [5, 5.41) is 9.94. The second-order valence-corrected chi connectivity index (χ2v) is 4.80. The molecule has 0 amide bonds. The highest BCUT2D eigenvalue weighted by atomic mass is 79.9. The van der Waals surface area contributed by atoms with Crippen LogP contribution in [-0.2, 0) is 6.61 Å². The van der Waals surface area contributed by atoms with Crippen molar-refractivity contribution in [3.05, 3.63) is 57.5 Å². The second-order valence-electron chi connectivity index (χ2n) is 3.53. The molecular weight excluding hydrogens is 303 g/mol. The molecule has 0 unspecified atom stereocenters. The van der Waals surface area contributed by atoms with Gasteiger partial charge >= 0.3 is 0 Å². The van der Waals surface area contributed by atoms with Crippen molar-refractivity contribution in [3.8, 4) is 11.5 Å². The molecule has 0 saturated carbocycles. The summed E-state index contributed by atoms with van der Waals surface area (Å²) in [6, 6.07) is 12.3. The molecule has 0 aliphatic carbocycles. The molecule has 0 radical (unpaired) electrons. The third kappa shape index (κ3) is 3.38. The van der Waals surface area contributed by atoms with Gasteiger partial charge in [-0.1, -0.05) is 23.7 Å². The Bertz CT molecular complexity index is 529. The lowest BCUT2D eigenvalue weighted by Gasteiger charge is -2.07. The highest BCUT2D eigenvalue weighted by molar-refractivity contribution is 9.10. The van der Waals surface area contributed by atoms with Crippen LogP contribution >= 0.6 is 27.5 Å². The monoisotopic (exact) mass is 312 g/mol. The van der Waals surface area contributed by atoms with E-state index in [9.17, 15) is 5.11 Å². The molecule has 88 valence electrons. The largest absolute Gasteiger partial charge is 0.508 e. The van der Waals surface area contributed by atoms with E-state index in [1.54, 1.807) is 24.3 Å². The summed E-state index contributed by atoms with van der Waals surface area (Å²) in [5.74, 6) is 0.820. The summed E-state index contributed by atoms with van der Waals surface area (Å²) in [7, 11) is 0. The molecule has 2 aromatic rings. The average Bonchev–Trinajstić information content (AvgIpc) is 2.31. The van der Waals surface area contributed by atoms with E-state index in [1.807, 2.05) is 18.2 Å². The lowest BCUT2D eigenvalue weighted by molar-refractivity contribution is 0.304. The van der Waals surface area contributed by atoms with E-state index < -0.39 is 0 Å². The summed E-state index contributed by atoms with van der Waals surface area (Å²) < 4.78 is 6.40. The van der Waals surface area contributed by atoms with Gasteiger partial charge in [-0.3, -0.25) is 0 Å². The van der Waals surface area contributed by atoms with Gasteiger partial charge in [0.05, 0.1) is 5.02 Å². The van der Waals surface area contributed by atoms with E-state index >= 15 is 0 Å². The zero-order chi connectivity index (χ0) is 12.3. The zero-order valence-electron chi connectivity index (χ0n) is 8.86. The number of hydrogen-bond donors (Lipinski definition) is 1. The van der Waals surface area contributed by atoms with Gasteiger partial charge in [0.15, 0.2) is 0 Å². The Morgan fingerprint density at radius 1 is 1.18 bits per heavy atom. The maximum atomic E-state index is 9.28. The first kappa shape index (κ1) is 12.3. The van der Waals surface area contributed by atoms with E-state index in [-0.39, 0.29) is 5.75 Å². The minimum atomic E-state index is 0.191. The van der Waals surface area contributed by atoms with E-state index in [0.717, 1.165) is 10.0 Å². The number of aromatic hydroxyl groups is 1. The van der Waals surface area contributed by atoms with Crippen molar-refractivity contribution in [2.24, 2.45) is 0 Å². The number of hydrogen-bond acceptors (Lipinski definition) is 2. The van der Waals surface area contributed by atoms with Crippen molar-refractivity contribution in [3.63, 3.8) is 0 Å². The maximum Gasteiger partial charge on any atom is 0.123 e. The molecule has 2 rings (SSSR count). The van der Waals surface area contributed by atoms with E-state index in [2.05, 4.69) is 15.9 Å². The number of phenolic OH excluding ortho intramolecular Hbond substituents is 1. The van der Waals surface area contributed by atoms with Crippen LogP contribution in [0.25, 0.3) is 0 Å². The third-order valence-electron chi connectivity index (χ3n) is 2.21. The predicted octanol–water partition coefficient (Wildman–Crippen LogP) is 4.39. The van der Waals surface area contributed by atoms with Crippen molar-refractivity contribution in [2.45, 2.75) is 6.61 Å². The minimum absolute atomic E-state index is 0.191. The van der Waals surface area contributed by atoms with Crippen LogP contribution in [0.3, 0.4) is 0 Å². The molecule has 0 atom stereocenters. The van der Waals surface area contributed by atoms with Gasteiger partial charge < -0.3 is 9.84 Å². The molecule has 0 aromatic heterocycles. The Balaban J connectivity index is 2.05. The molecule has 0 fully saturated rings. The van der Waals surface area contributed by atoms with Gasteiger partial charge in [0, 0.05) is 10.5 Å². The number of phenols is 1. The molecular formula is C13H10BrClO2. The van der Waals surface area contributed by atoms with Crippen LogP contribution in [-0.4, -0.2) is 5.11 Å². The average molecular weight is 314 g/mol. The number of halogens is 2. The molecule has 4 heteroatoms. The van der Waals surface area contributed by atoms with Crippen molar-refractivity contribution in [1.82, 2.24) is 0 Å². The van der Waals surface area contributed by atoms with Crippen LogP contribution in [0.15, 0.2) is 46.9 Å². The lowest BCUT2D eigenvalue weighted by atomic mass is 10.2. The van der Waals surface area contributed by atoms with E-state index in [4.69, 9.17) is 16.3 Å². The number of benzene rings is 2. The van der Waals surface area contributed by atoms with Crippen LogP contribution in [0.1, 0.15) is 5.56 Å². The molecule has 0 aliphatic rings. The van der Waals surface area contributed by atoms with Gasteiger partial charge in [0.2, 0.25) is 0 Å². The summed E-state index contributed by atoms with van der Waals surface area (Å²) in [4.78, 5) is 0. The molecule has 2 nitrogen and oxygen atoms in total. The topological polar surface area (TPSA) is 29.5 Å². The van der Waals surface area contributed by atoms with Crippen LogP contribution in [0.5, 0.6) is 11.5 Å². The molecule has 17 heavy (non-hydrogen) atoms. The van der Waals surface area contributed by atoms with Gasteiger partial charge in [0.1, 0.15) is 18.1 Å². The molecule has 0 saturated heterocycles. The Morgan fingerprint density at radius 3 is 2.71 bits per heavy atom. The first-order chi connectivity index (χ1) is 8.15. The molecule has 0 heterocycles. The summed E-state index contributed by atoms with van der Waals surface area (Å²) in [6.45, 7) is 0.413. The summed E-state index contributed by atoms with van der Waals surface area (Å²) >= 11 is 9.31. The Morgan fingerprint density at radius 2 is 2.00 bits per heavy atom. The zero-order valence-corrected chi connectivity index (χ0v) is 11.2. The fraction of sp³-hybridized carbons (Fsp3) is 0.0769. The minimum Gasteiger partial charge on any atom is -0.508 e. The van der Waals surface area contributed by atoms with Crippen molar-refractivity contribution >= 4 is 27.5 Å². The molecule has 0 bridgehead atoms. The first-order valence-corrected chi connectivity index (χ1v) is 6.18. The lowest BCUT2D eigenvalue weighted by Crippen LogP contribution is -1.95. The highest BCUT2D eigenvalue weighted by Crippen LogP contribution is 2.24. The Labute approximate surface area is 113 Å². The standard InChI is InChI=1S/C13H10BrClO2/c14-12-5-4-9(6-13(12)15)8-17-11-3-1-2-10(16)7-11/h1-7,16H,8H2. The van der Waals surface area contributed by atoms with E-state index in [0.29, 0.717) is 17.4 Å². The van der Waals surface area contributed by atoms with Gasteiger partial charge in [-0.25, -0.2) is 0 Å². The normalized spacial score (nSPS) is 10.2. The van der Waals surface area contributed by atoms with Gasteiger partial charge in [-0.2, -0.15) is 0 Å². The Hall–Kier alpha value is -1.19. The van der Waals surface area contributed by atoms with Gasteiger partial charge in [-0.15, -0.1) is 0 Å². The fourth-order valence-electron chi connectivity index (χ4n) is 1.37. The second kappa shape index (κ2) is 5.43. The van der Waals surface area contributed by atoms with Crippen LogP contribution < -0.4 is 4.74 Å². The molecule has 0 spiro atoms. The van der Waals surface area contributed by atoms with Gasteiger partial charge in [-0.05, 0) is 45.8 Å². The van der Waals surface area contributed by atoms with Crippen molar-refractivity contribution in [2.75, 3.05) is 0 Å². The predicted molar refractivity (Wildman–Crippen MR) is 71.6 cm³/mol. The first-order valence-electron chi connectivity index (χ1n) is 5.01. The van der Waals surface area contributed by atoms with E-state index in [1.165, 1.54) is 0 Å². The molecule has 0 aliphatic heterocycles. The van der Waals surface area contributed by atoms with Crippen molar-refractivity contribution in [1.29, 1.82) is 0 Å². The number of ether oxygens (including phenoxy) is 1.